The Morgan fingerprint density at radius 3 is 2.29 bits per heavy atom. The average Bonchev–Trinajstić information content (AvgIpc) is 2.98. The van der Waals surface area contributed by atoms with E-state index in [9.17, 15) is 9.59 Å². The molecule has 1 heterocycles. The van der Waals surface area contributed by atoms with Crippen LogP contribution >= 0.6 is 0 Å². The van der Waals surface area contributed by atoms with Crippen molar-refractivity contribution in [2.45, 2.75) is 46.6 Å². The van der Waals surface area contributed by atoms with E-state index in [2.05, 4.69) is 24.4 Å². The summed E-state index contributed by atoms with van der Waals surface area (Å²) in [6.07, 6.45) is 1.24. The van der Waals surface area contributed by atoms with Crippen molar-refractivity contribution in [2.24, 2.45) is 0 Å². The van der Waals surface area contributed by atoms with E-state index in [0.717, 1.165) is 33.6 Å². The molecule has 1 aromatic heterocycles. The van der Waals surface area contributed by atoms with Crippen molar-refractivity contribution in [2.75, 3.05) is 11.9 Å². The highest BCUT2D eigenvalue weighted by Crippen LogP contribution is 2.28. The Hall–Kier alpha value is -4.71. The standard InChI is InChI=1S/C35H36N4O2/c1-5-32(38(22-21-27-11-7-6-8-12-27)35(41)36-28-18-15-24(2)16-19-28)33-37-31-14-10-9-13-30(31)34(40)39(33)29-20-17-25(3)26(4)23-29/h6-20,23,32H,5,21-22H2,1-4H3,(H,36,41). The number of rotatable bonds is 8. The molecule has 1 N–H and O–H groups in total. The van der Waals surface area contributed by atoms with Gasteiger partial charge in [0, 0.05) is 12.2 Å². The van der Waals surface area contributed by atoms with Gasteiger partial charge in [0.15, 0.2) is 0 Å². The molecule has 1 unspecified atom stereocenters. The fourth-order valence-corrected chi connectivity index (χ4v) is 5.16. The van der Waals surface area contributed by atoms with Crippen molar-refractivity contribution in [3.05, 3.63) is 135 Å². The fraction of sp³-hybridized carbons (Fsp3) is 0.229. The highest BCUT2D eigenvalue weighted by Gasteiger charge is 2.29. The zero-order valence-electron chi connectivity index (χ0n) is 24.1. The van der Waals surface area contributed by atoms with Crippen LogP contribution in [-0.2, 0) is 6.42 Å². The van der Waals surface area contributed by atoms with Gasteiger partial charge in [-0.1, -0.05) is 73.2 Å². The molecule has 6 nitrogen and oxygen atoms in total. The van der Waals surface area contributed by atoms with Gasteiger partial charge in [0.1, 0.15) is 5.82 Å². The van der Waals surface area contributed by atoms with Crippen LogP contribution in [0.1, 0.15) is 47.5 Å². The molecule has 6 heteroatoms. The zero-order chi connectivity index (χ0) is 28.9. The van der Waals surface area contributed by atoms with E-state index in [0.29, 0.717) is 36.1 Å². The summed E-state index contributed by atoms with van der Waals surface area (Å²) in [4.78, 5) is 34.9. The van der Waals surface area contributed by atoms with E-state index in [1.54, 1.807) is 4.57 Å². The second-order valence-electron chi connectivity index (χ2n) is 10.5. The van der Waals surface area contributed by atoms with E-state index in [4.69, 9.17) is 4.98 Å². The lowest BCUT2D eigenvalue weighted by atomic mass is 10.1. The molecule has 0 fully saturated rings. The summed E-state index contributed by atoms with van der Waals surface area (Å²) in [7, 11) is 0. The molecular weight excluding hydrogens is 508 g/mol. The van der Waals surface area contributed by atoms with Crippen LogP contribution in [0.5, 0.6) is 0 Å². The number of carbonyl (C=O) groups is 1. The summed E-state index contributed by atoms with van der Waals surface area (Å²) in [6, 6.07) is 30.6. The van der Waals surface area contributed by atoms with Crippen molar-refractivity contribution in [3.8, 4) is 5.69 Å². The largest absolute Gasteiger partial charge is 0.322 e. The number of hydrogen-bond donors (Lipinski definition) is 1. The maximum atomic E-state index is 14.1. The quantitative estimate of drug-likeness (QED) is 0.219. The number of urea groups is 1. The highest BCUT2D eigenvalue weighted by molar-refractivity contribution is 5.89. The smallest absolute Gasteiger partial charge is 0.314 e. The van der Waals surface area contributed by atoms with Crippen LogP contribution in [0.4, 0.5) is 10.5 Å². The van der Waals surface area contributed by atoms with Crippen LogP contribution in [0, 0.1) is 20.8 Å². The van der Waals surface area contributed by atoms with Crippen molar-refractivity contribution in [1.82, 2.24) is 14.5 Å². The van der Waals surface area contributed by atoms with Gasteiger partial charge in [-0.25, -0.2) is 9.78 Å². The van der Waals surface area contributed by atoms with Crippen LogP contribution in [0.15, 0.2) is 102 Å². The van der Waals surface area contributed by atoms with Crippen molar-refractivity contribution >= 4 is 22.6 Å². The Morgan fingerprint density at radius 2 is 1.59 bits per heavy atom. The maximum Gasteiger partial charge on any atom is 0.322 e. The van der Waals surface area contributed by atoms with E-state index in [1.807, 2.05) is 111 Å². The van der Waals surface area contributed by atoms with Gasteiger partial charge < -0.3 is 10.2 Å². The normalized spacial score (nSPS) is 11.8. The zero-order valence-corrected chi connectivity index (χ0v) is 24.1. The summed E-state index contributed by atoms with van der Waals surface area (Å²) in [5.74, 6) is 0.548. The number of nitrogens with zero attached hydrogens (tertiary/aromatic N) is 3. The minimum Gasteiger partial charge on any atom is -0.314 e. The first-order valence-corrected chi connectivity index (χ1v) is 14.1. The van der Waals surface area contributed by atoms with Gasteiger partial charge in [-0.2, -0.15) is 0 Å². The number of hydrogen-bond acceptors (Lipinski definition) is 3. The molecule has 0 spiro atoms. The van der Waals surface area contributed by atoms with Crippen LogP contribution in [0.3, 0.4) is 0 Å². The third-order valence-electron chi connectivity index (χ3n) is 7.66. The second kappa shape index (κ2) is 12.2. The minimum atomic E-state index is -0.455. The van der Waals surface area contributed by atoms with Crippen molar-refractivity contribution < 1.29 is 4.79 Å². The number of amides is 2. The molecule has 0 aliphatic heterocycles. The van der Waals surface area contributed by atoms with Crippen LogP contribution in [0.25, 0.3) is 16.6 Å². The predicted molar refractivity (Wildman–Crippen MR) is 167 cm³/mol. The van der Waals surface area contributed by atoms with Gasteiger partial charge >= 0.3 is 6.03 Å². The lowest BCUT2D eigenvalue weighted by molar-refractivity contribution is 0.182. The molecule has 0 aliphatic rings. The molecular formula is C35H36N4O2. The number of benzene rings is 4. The van der Waals surface area contributed by atoms with E-state index in [-0.39, 0.29) is 11.6 Å². The molecule has 1 atom stereocenters. The molecule has 41 heavy (non-hydrogen) atoms. The third-order valence-corrected chi connectivity index (χ3v) is 7.66. The SMILES string of the molecule is CCC(c1nc2ccccc2c(=O)n1-c1ccc(C)c(C)c1)N(CCc1ccccc1)C(=O)Nc1ccc(C)cc1. The van der Waals surface area contributed by atoms with Crippen LogP contribution in [0.2, 0.25) is 0 Å². The first-order chi connectivity index (χ1) is 19.9. The molecule has 5 rings (SSSR count). The fourth-order valence-electron chi connectivity index (χ4n) is 5.16. The number of anilines is 1. The van der Waals surface area contributed by atoms with Crippen LogP contribution in [-0.4, -0.2) is 27.0 Å². The Kier molecular flexibility index (Phi) is 8.29. The lowest BCUT2D eigenvalue weighted by Gasteiger charge is -2.32. The summed E-state index contributed by atoms with van der Waals surface area (Å²) >= 11 is 0. The first kappa shape index (κ1) is 27.8. The number of nitrogens with one attached hydrogen (secondary N) is 1. The molecule has 0 saturated heterocycles. The maximum absolute atomic E-state index is 14.1. The van der Waals surface area contributed by atoms with Gasteiger partial charge in [0.2, 0.25) is 0 Å². The van der Waals surface area contributed by atoms with Crippen LogP contribution < -0.4 is 10.9 Å². The third kappa shape index (κ3) is 6.07. The number of aromatic nitrogens is 2. The first-order valence-electron chi connectivity index (χ1n) is 14.1. The predicted octanol–water partition coefficient (Wildman–Crippen LogP) is 7.54. The Bertz CT molecular complexity index is 1730. The van der Waals surface area contributed by atoms with E-state index in [1.165, 1.54) is 0 Å². The molecule has 2 amide bonds. The van der Waals surface area contributed by atoms with Crippen molar-refractivity contribution in [1.29, 1.82) is 0 Å². The average molecular weight is 545 g/mol. The Morgan fingerprint density at radius 1 is 0.878 bits per heavy atom. The van der Waals surface area contributed by atoms with Gasteiger partial charge in [-0.15, -0.1) is 0 Å². The number of fused-ring (bicyclic) bond motifs is 1. The Labute approximate surface area is 241 Å². The summed E-state index contributed by atoms with van der Waals surface area (Å²) in [6.45, 7) is 8.59. The lowest BCUT2D eigenvalue weighted by Crippen LogP contribution is -2.42. The molecule has 0 bridgehead atoms. The number of para-hydroxylation sites is 1. The molecule has 0 aliphatic carbocycles. The monoisotopic (exact) mass is 544 g/mol. The summed E-state index contributed by atoms with van der Waals surface area (Å²) < 4.78 is 1.69. The molecule has 0 saturated carbocycles. The van der Waals surface area contributed by atoms with Gasteiger partial charge in [-0.3, -0.25) is 9.36 Å². The van der Waals surface area contributed by atoms with Crippen molar-refractivity contribution in [3.63, 3.8) is 0 Å². The molecule has 4 aromatic carbocycles. The Balaban J connectivity index is 1.64. The summed E-state index contributed by atoms with van der Waals surface area (Å²) in [5, 5.41) is 3.64. The molecule has 208 valence electrons. The van der Waals surface area contributed by atoms with Gasteiger partial charge in [-0.05, 0) is 86.7 Å². The minimum absolute atomic E-state index is 0.144. The number of aryl methyl sites for hydroxylation is 3. The molecule has 0 radical (unpaired) electrons. The number of carbonyl (C=O) groups excluding carboxylic acids is 1. The molecule has 5 aromatic rings. The second-order valence-corrected chi connectivity index (χ2v) is 10.5. The van der Waals surface area contributed by atoms with Gasteiger partial charge in [0.05, 0.1) is 22.6 Å². The summed E-state index contributed by atoms with van der Waals surface area (Å²) in [5.41, 5.74) is 6.42. The topological polar surface area (TPSA) is 67.2 Å². The van der Waals surface area contributed by atoms with E-state index < -0.39 is 6.04 Å². The highest BCUT2D eigenvalue weighted by atomic mass is 16.2. The van der Waals surface area contributed by atoms with Gasteiger partial charge in [0.25, 0.3) is 5.56 Å². The van der Waals surface area contributed by atoms with E-state index >= 15 is 0 Å².